The molecule has 0 aliphatic rings. The summed E-state index contributed by atoms with van der Waals surface area (Å²) in [5, 5.41) is 0. The van der Waals surface area contributed by atoms with E-state index < -0.39 is 0 Å². The molecule has 0 unspecified atom stereocenters. The third-order valence-electron chi connectivity index (χ3n) is 2.69. The van der Waals surface area contributed by atoms with Crippen molar-refractivity contribution in [2.24, 2.45) is 0 Å². The Balaban J connectivity index is 0.000000303. The van der Waals surface area contributed by atoms with E-state index in [2.05, 4.69) is 63.0 Å². The molecule has 1 aromatic heterocycles. The van der Waals surface area contributed by atoms with Crippen molar-refractivity contribution in [1.82, 2.24) is 4.98 Å². The Morgan fingerprint density at radius 2 is 1.53 bits per heavy atom. The molecule has 0 atom stereocenters. The van der Waals surface area contributed by atoms with E-state index in [1.165, 1.54) is 22.3 Å². The smallest absolute Gasteiger partial charge is 0.0299 e. The molecule has 2 rings (SSSR count). The molecule has 0 N–H and O–H groups in total. The zero-order valence-electron chi connectivity index (χ0n) is 13.2. The van der Waals surface area contributed by atoms with Crippen LogP contribution >= 0.6 is 0 Å². The first-order valence-corrected chi connectivity index (χ1v) is 7.06. The van der Waals surface area contributed by atoms with Crippen molar-refractivity contribution in [3.8, 4) is 0 Å². The molecule has 1 nitrogen and oxygen atoms in total. The fourth-order valence-electron chi connectivity index (χ4n) is 1.71. The molecule has 0 bridgehead atoms. The molecule has 1 heterocycles. The van der Waals surface area contributed by atoms with Crippen molar-refractivity contribution in [2.75, 3.05) is 0 Å². The van der Waals surface area contributed by atoms with Gasteiger partial charge in [-0.25, -0.2) is 0 Å². The van der Waals surface area contributed by atoms with Gasteiger partial charge in [0.05, 0.1) is 0 Å². The number of hydrogen-bond donors (Lipinski definition) is 0. The second kappa shape index (κ2) is 10.3. The minimum atomic E-state index is 1.11. The van der Waals surface area contributed by atoms with E-state index in [1.807, 2.05) is 26.2 Å². The Hall–Kier alpha value is -1.63. The van der Waals surface area contributed by atoms with Gasteiger partial charge < -0.3 is 0 Å². The van der Waals surface area contributed by atoms with E-state index in [0.29, 0.717) is 0 Å². The molecule has 1 aromatic carbocycles. The van der Waals surface area contributed by atoms with Gasteiger partial charge in [-0.1, -0.05) is 56.2 Å². The van der Waals surface area contributed by atoms with Gasteiger partial charge in [0.15, 0.2) is 0 Å². The summed E-state index contributed by atoms with van der Waals surface area (Å²) < 4.78 is 0. The van der Waals surface area contributed by atoms with Gasteiger partial charge in [-0.05, 0) is 44.4 Å². The summed E-state index contributed by atoms with van der Waals surface area (Å²) in [5.74, 6) is 0. The molecule has 0 saturated carbocycles. The minimum Gasteiger partial charge on any atom is -0.264 e. The summed E-state index contributed by atoms with van der Waals surface area (Å²) in [6.45, 7) is 12.5. The standard InChI is InChI=1S/C8H11N.C8H10.C2H6/c1-3-8-4-5-9-6-7(8)2;1-7-4-3-5-8(2)6-7;1-2/h4-6H,3H2,1-2H3;3-6H,1-2H3;1-2H3. The number of nitrogens with zero attached hydrogens (tertiary/aromatic N) is 1. The van der Waals surface area contributed by atoms with Gasteiger partial charge in [0, 0.05) is 12.4 Å². The lowest BCUT2D eigenvalue weighted by Gasteiger charge is -1.97. The second-order valence-corrected chi connectivity index (χ2v) is 4.31. The van der Waals surface area contributed by atoms with Crippen molar-refractivity contribution in [2.45, 2.75) is 48.0 Å². The van der Waals surface area contributed by atoms with E-state index in [4.69, 9.17) is 0 Å². The Kier molecular flexibility index (Phi) is 9.42. The molecule has 19 heavy (non-hydrogen) atoms. The van der Waals surface area contributed by atoms with Crippen LogP contribution in [-0.4, -0.2) is 4.98 Å². The molecular formula is C18H27N. The predicted molar refractivity (Wildman–Crippen MR) is 85.6 cm³/mol. The lowest BCUT2D eigenvalue weighted by molar-refractivity contribution is 1.08. The molecule has 0 amide bonds. The first-order valence-electron chi connectivity index (χ1n) is 7.06. The Morgan fingerprint density at radius 1 is 0.947 bits per heavy atom. The molecule has 0 aliphatic carbocycles. The van der Waals surface area contributed by atoms with Crippen LogP contribution in [0.15, 0.2) is 42.7 Å². The summed E-state index contributed by atoms with van der Waals surface area (Å²) >= 11 is 0. The largest absolute Gasteiger partial charge is 0.264 e. The lowest BCUT2D eigenvalue weighted by Crippen LogP contribution is -1.85. The summed E-state index contributed by atoms with van der Waals surface area (Å²) in [6, 6.07) is 10.5. The molecule has 0 saturated heterocycles. The van der Waals surface area contributed by atoms with Gasteiger partial charge in [-0.3, -0.25) is 4.98 Å². The Labute approximate surface area is 118 Å². The first-order chi connectivity index (χ1) is 9.13. The number of aryl methyl sites for hydroxylation is 4. The van der Waals surface area contributed by atoms with Crippen LogP contribution in [0.5, 0.6) is 0 Å². The van der Waals surface area contributed by atoms with Crippen molar-refractivity contribution in [1.29, 1.82) is 0 Å². The van der Waals surface area contributed by atoms with Crippen molar-refractivity contribution in [3.05, 3.63) is 65.0 Å². The molecule has 0 spiro atoms. The van der Waals surface area contributed by atoms with Gasteiger partial charge >= 0.3 is 0 Å². The van der Waals surface area contributed by atoms with Crippen molar-refractivity contribution in [3.63, 3.8) is 0 Å². The fourth-order valence-corrected chi connectivity index (χ4v) is 1.71. The number of aromatic nitrogens is 1. The SMILES string of the molecule is CC.CCc1ccncc1C.Cc1cccc(C)c1. The molecular weight excluding hydrogens is 230 g/mol. The van der Waals surface area contributed by atoms with E-state index >= 15 is 0 Å². The Morgan fingerprint density at radius 3 is 1.84 bits per heavy atom. The maximum absolute atomic E-state index is 3.99. The van der Waals surface area contributed by atoms with Crippen LogP contribution < -0.4 is 0 Å². The fraction of sp³-hybridized carbons (Fsp3) is 0.389. The molecule has 2 aromatic rings. The van der Waals surface area contributed by atoms with Crippen LogP contribution in [0.2, 0.25) is 0 Å². The molecule has 1 heteroatoms. The van der Waals surface area contributed by atoms with Gasteiger partial charge in [0.2, 0.25) is 0 Å². The maximum Gasteiger partial charge on any atom is 0.0299 e. The number of pyridine rings is 1. The monoisotopic (exact) mass is 257 g/mol. The third kappa shape index (κ3) is 7.40. The van der Waals surface area contributed by atoms with Crippen LogP contribution in [0, 0.1) is 20.8 Å². The number of benzene rings is 1. The first kappa shape index (κ1) is 17.4. The summed E-state index contributed by atoms with van der Waals surface area (Å²) in [7, 11) is 0. The number of rotatable bonds is 1. The van der Waals surface area contributed by atoms with E-state index in [1.54, 1.807) is 0 Å². The second-order valence-electron chi connectivity index (χ2n) is 4.31. The van der Waals surface area contributed by atoms with Gasteiger partial charge in [-0.15, -0.1) is 0 Å². The average molecular weight is 257 g/mol. The van der Waals surface area contributed by atoms with Gasteiger partial charge in [0.25, 0.3) is 0 Å². The highest BCUT2D eigenvalue weighted by molar-refractivity contribution is 5.21. The highest BCUT2D eigenvalue weighted by Crippen LogP contribution is 2.04. The zero-order chi connectivity index (χ0) is 14.7. The summed E-state index contributed by atoms with van der Waals surface area (Å²) in [4.78, 5) is 3.99. The zero-order valence-corrected chi connectivity index (χ0v) is 13.2. The molecule has 0 aliphatic heterocycles. The highest BCUT2D eigenvalue weighted by Gasteiger charge is 1.90. The summed E-state index contributed by atoms with van der Waals surface area (Å²) in [5.41, 5.74) is 5.36. The summed E-state index contributed by atoms with van der Waals surface area (Å²) in [6.07, 6.45) is 4.85. The number of hydrogen-bond acceptors (Lipinski definition) is 1. The van der Waals surface area contributed by atoms with Crippen molar-refractivity contribution < 1.29 is 0 Å². The quantitative estimate of drug-likeness (QED) is 0.677. The van der Waals surface area contributed by atoms with Crippen LogP contribution in [0.4, 0.5) is 0 Å². The minimum absolute atomic E-state index is 1.11. The topological polar surface area (TPSA) is 12.9 Å². The van der Waals surface area contributed by atoms with Gasteiger partial charge in [-0.2, -0.15) is 0 Å². The van der Waals surface area contributed by atoms with Crippen LogP contribution in [0.25, 0.3) is 0 Å². The normalized spacial score (nSPS) is 8.74. The third-order valence-corrected chi connectivity index (χ3v) is 2.69. The van der Waals surface area contributed by atoms with Crippen molar-refractivity contribution >= 4 is 0 Å². The van der Waals surface area contributed by atoms with Crippen LogP contribution in [-0.2, 0) is 6.42 Å². The lowest BCUT2D eigenvalue weighted by atomic mass is 10.1. The highest BCUT2D eigenvalue weighted by atomic mass is 14.6. The molecule has 0 radical (unpaired) electrons. The van der Waals surface area contributed by atoms with E-state index in [9.17, 15) is 0 Å². The average Bonchev–Trinajstić information content (AvgIpc) is 2.42. The van der Waals surface area contributed by atoms with E-state index in [-0.39, 0.29) is 0 Å². The molecule has 0 fully saturated rings. The molecule has 104 valence electrons. The maximum atomic E-state index is 3.99. The van der Waals surface area contributed by atoms with Crippen LogP contribution in [0.3, 0.4) is 0 Å². The van der Waals surface area contributed by atoms with Gasteiger partial charge in [0.1, 0.15) is 0 Å². The Bertz CT molecular complexity index is 444. The van der Waals surface area contributed by atoms with Crippen LogP contribution in [0.1, 0.15) is 43.0 Å². The van der Waals surface area contributed by atoms with E-state index in [0.717, 1.165) is 6.42 Å². The predicted octanol–water partition coefficient (Wildman–Crippen LogP) is 5.28.